The molecule has 0 aliphatic carbocycles. The topological polar surface area (TPSA) is 37.3 Å². The molecular weight excluding hydrogens is 224 g/mol. The summed E-state index contributed by atoms with van der Waals surface area (Å²) in [7, 11) is 0. The molecule has 2 rings (SSSR count). The van der Waals surface area contributed by atoms with Crippen molar-refractivity contribution in [3.8, 4) is 0 Å². The molecular formula is C16H18O2. The Balaban J connectivity index is 2.30. The summed E-state index contributed by atoms with van der Waals surface area (Å²) in [5.74, 6) is -0.991. The van der Waals surface area contributed by atoms with Crippen molar-refractivity contribution in [2.75, 3.05) is 0 Å². The second-order valence-electron chi connectivity index (χ2n) is 4.83. The van der Waals surface area contributed by atoms with Gasteiger partial charge in [0.1, 0.15) is 0 Å². The molecule has 0 aliphatic rings. The molecule has 0 bridgehead atoms. The van der Waals surface area contributed by atoms with Gasteiger partial charge in [-0.3, -0.25) is 4.79 Å². The Morgan fingerprint density at radius 2 is 1.83 bits per heavy atom. The highest BCUT2D eigenvalue weighted by Crippen LogP contribution is 2.20. The summed E-state index contributed by atoms with van der Waals surface area (Å²) in [6.07, 6.45) is 1.27. The number of carboxylic acid groups (broad SMARTS) is 1. The van der Waals surface area contributed by atoms with Gasteiger partial charge in [0.05, 0.1) is 5.92 Å². The maximum Gasteiger partial charge on any atom is 0.306 e. The zero-order valence-electron chi connectivity index (χ0n) is 10.8. The highest BCUT2D eigenvalue weighted by Gasteiger charge is 2.15. The maximum absolute atomic E-state index is 11.0. The van der Waals surface area contributed by atoms with Crippen molar-refractivity contribution >= 4 is 16.7 Å². The summed E-state index contributed by atoms with van der Waals surface area (Å²) in [6, 6.07) is 12.5. The monoisotopic (exact) mass is 242 g/mol. The van der Waals surface area contributed by atoms with Crippen molar-refractivity contribution in [2.24, 2.45) is 5.92 Å². The summed E-state index contributed by atoms with van der Waals surface area (Å²) in [4.78, 5) is 11.0. The van der Waals surface area contributed by atoms with Gasteiger partial charge in [0.15, 0.2) is 0 Å². The number of benzene rings is 2. The van der Waals surface area contributed by atoms with Gasteiger partial charge in [0.25, 0.3) is 0 Å². The van der Waals surface area contributed by atoms with Crippen molar-refractivity contribution in [3.63, 3.8) is 0 Å². The third-order valence-corrected chi connectivity index (χ3v) is 3.38. The van der Waals surface area contributed by atoms with Crippen molar-refractivity contribution in [3.05, 3.63) is 47.5 Å². The Labute approximate surface area is 107 Å². The van der Waals surface area contributed by atoms with Crippen LogP contribution in [0.15, 0.2) is 36.4 Å². The molecule has 0 saturated heterocycles. The van der Waals surface area contributed by atoms with Crippen molar-refractivity contribution in [1.82, 2.24) is 0 Å². The second kappa shape index (κ2) is 5.21. The lowest BCUT2D eigenvalue weighted by atomic mass is 9.95. The number of carbonyl (C=O) groups is 1. The molecule has 0 radical (unpaired) electrons. The molecule has 2 aromatic rings. The molecule has 0 spiro atoms. The zero-order valence-corrected chi connectivity index (χ0v) is 10.8. The van der Waals surface area contributed by atoms with E-state index in [-0.39, 0.29) is 5.92 Å². The van der Waals surface area contributed by atoms with Gasteiger partial charge in [0, 0.05) is 0 Å². The Morgan fingerprint density at radius 1 is 1.17 bits per heavy atom. The highest BCUT2D eigenvalue weighted by molar-refractivity contribution is 5.84. The van der Waals surface area contributed by atoms with E-state index in [2.05, 4.69) is 37.3 Å². The van der Waals surface area contributed by atoms with Crippen LogP contribution in [0.3, 0.4) is 0 Å². The number of hydrogen-bond acceptors (Lipinski definition) is 1. The molecule has 0 fully saturated rings. The number of hydrogen-bond donors (Lipinski definition) is 1. The summed E-state index contributed by atoms with van der Waals surface area (Å²) in [5, 5.41) is 11.5. The fourth-order valence-corrected chi connectivity index (χ4v) is 2.23. The minimum absolute atomic E-state index is 0.284. The molecule has 1 atom stereocenters. The van der Waals surface area contributed by atoms with Gasteiger partial charge in [-0.15, -0.1) is 0 Å². The molecule has 2 heteroatoms. The summed E-state index contributed by atoms with van der Waals surface area (Å²) in [6.45, 7) is 3.99. The van der Waals surface area contributed by atoms with Crippen LogP contribution < -0.4 is 0 Å². The van der Waals surface area contributed by atoms with Crippen molar-refractivity contribution < 1.29 is 9.90 Å². The molecule has 94 valence electrons. The van der Waals surface area contributed by atoms with E-state index in [1.165, 1.54) is 16.3 Å². The average molecular weight is 242 g/mol. The van der Waals surface area contributed by atoms with E-state index in [0.717, 1.165) is 5.56 Å². The standard InChI is InChI=1S/C16H18O2/c1-3-13(16(17)18)9-12-5-7-14-8-11(2)4-6-15(14)10-12/h4-8,10,13H,3,9H2,1-2H3,(H,17,18). The number of fused-ring (bicyclic) bond motifs is 1. The lowest BCUT2D eigenvalue weighted by Gasteiger charge is -2.10. The molecule has 18 heavy (non-hydrogen) atoms. The Kier molecular flexibility index (Phi) is 3.66. The van der Waals surface area contributed by atoms with Gasteiger partial charge in [-0.05, 0) is 36.1 Å². The fraction of sp³-hybridized carbons (Fsp3) is 0.312. The first-order valence-electron chi connectivity index (χ1n) is 6.32. The fourth-order valence-electron chi connectivity index (χ4n) is 2.23. The van der Waals surface area contributed by atoms with E-state index in [9.17, 15) is 4.79 Å². The van der Waals surface area contributed by atoms with Gasteiger partial charge in [-0.2, -0.15) is 0 Å². The van der Waals surface area contributed by atoms with Gasteiger partial charge in [-0.1, -0.05) is 48.9 Å². The smallest absolute Gasteiger partial charge is 0.306 e. The third-order valence-electron chi connectivity index (χ3n) is 3.38. The van der Waals surface area contributed by atoms with Crippen LogP contribution in [0.5, 0.6) is 0 Å². The SMILES string of the molecule is CCC(Cc1ccc2cc(C)ccc2c1)C(=O)O. The molecule has 2 aromatic carbocycles. The van der Waals surface area contributed by atoms with Crippen LogP contribution in [0.1, 0.15) is 24.5 Å². The van der Waals surface area contributed by atoms with Crippen LogP contribution in [-0.4, -0.2) is 11.1 Å². The minimum Gasteiger partial charge on any atom is -0.481 e. The third kappa shape index (κ3) is 2.70. The number of aryl methyl sites for hydroxylation is 1. The van der Waals surface area contributed by atoms with E-state index in [4.69, 9.17) is 5.11 Å². The Morgan fingerprint density at radius 3 is 2.50 bits per heavy atom. The molecule has 1 N–H and O–H groups in total. The number of rotatable bonds is 4. The van der Waals surface area contributed by atoms with E-state index >= 15 is 0 Å². The lowest BCUT2D eigenvalue weighted by Crippen LogP contribution is -2.15. The predicted molar refractivity (Wildman–Crippen MR) is 73.8 cm³/mol. The van der Waals surface area contributed by atoms with Gasteiger partial charge in [-0.25, -0.2) is 0 Å². The molecule has 2 nitrogen and oxygen atoms in total. The van der Waals surface area contributed by atoms with Gasteiger partial charge in [0.2, 0.25) is 0 Å². The molecule has 0 aromatic heterocycles. The largest absolute Gasteiger partial charge is 0.481 e. The zero-order chi connectivity index (χ0) is 13.1. The van der Waals surface area contributed by atoms with E-state index in [1.54, 1.807) is 0 Å². The summed E-state index contributed by atoms with van der Waals surface area (Å²) >= 11 is 0. The lowest BCUT2D eigenvalue weighted by molar-refractivity contribution is -0.141. The first-order chi connectivity index (χ1) is 8.60. The molecule has 0 heterocycles. The van der Waals surface area contributed by atoms with Gasteiger partial charge >= 0.3 is 5.97 Å². The first kappa shape index (κ1) is 12.6. The minimum atomic E-state index is -0.707. The highest BCUT2D eigenvalue weighted by atomic mass is 16.4. The quantitative estimate of drug-likeness (QED) is 0.885. The number of carboxylic acids is 1. The van der Waals surface area contributed by atoms with Crippen LogP contribution in [0.25, 0.3) is 10.8 Å². The predicted octanol–water partition coefficient (Wildman–Crippen LogP) is 3.80. The van der Waals surface area contributed by atoms with Crippen LogP contribution in [0, 0.1) is 12.8 Å². The normalized spacial score (nSPS) is 12.6. The van der Waals surface area contributed by atoms with E-state index in [1.807, 2.05) is 13.0 Å². The van der Waals surface area contributed by atoms with E-state index in [0.29, 0.717) is 12.8 Å². The Hall–Kier alpha value is -1.83. The van der Waals surface area contributed by atoms with Gasteiger partial charge < -0.3 is 5.11 Å². The first-order valence-corrected chi connectivity index (χ1v) is 6.32. The Bertz CT molecular complexity index is 572. The maximum atomic E-state index is 11.0. The molecule has 0 aliphatic heterocycles. The van der Waals surface area contributed by atoms with Crippen LogP contribution >= 0.6 is 0 Å². The number of aliphatic carboxylic acids is 1. The summed E-state index contributed by atoms with van der Waals surface area (Å²) < 4.78 is 0. The van der Waals surface area contributed by atoms with Crippen LogP contribution in [0.2, 0.25) is 0 Å². The van der Waals surface area contributed by atoms with Crippen LogP contribution in [0.4, 0.5) is 0 Å². The molecule has 1 unspecified atom stereocenters. The summed E-state index contributed by atoms with van der Waals surface area (Å²) in [5.41, 5.74) is 2.34. The molecule has 0 saturated carbocycles. The average Bonchev–Trinajstić information content (AvgIpc) is 2.35. The van der Waals surface area contributed by atoms with Crippen molar-refractivity contribution in [1.29, 1.82) is 0 Å². The molecule has 0 amide bonds. The van der Waals surface area contributed by atoms with Crippen molar-refractivity contribution in [2.45, 2.75) is 26.7 Å². The van der Waals surface area contributed by atoms with Crippen LogP contribution in [-0.2, 0) is 11.2 Å². The van der Waals surface area contributed by atoms with E-state index < -0.39 is 5.97 Å². The second-order valence-corrected chi connectivity index (χ2v) is 4.83.